The van der Waals surface area contributed by atoms with E-state index in [1.54, 1.807) is 6.92 Å². The summed E-state index contributed by atoms with van der Waals surface area (Å²) >= 11 is 0. The lowest BCUT2D eigenvalue weighted by Crippen LogP contribution is -2.45. The van der Waals surface area contributed by atoms with Crippen molar-refractivity contribution >= 4 is 6.03 Å². The molecular formula is C12H26N2O2. The van der Waals surface area contributed by atoms with Gasteiger partial charge in [0, 0.05) is 6.54 Å². The lowest BCUT2D eigenvalue weighted by atomic mass is 9.84. The maximum atomic E-state index is 11.4. The quantitative estimate of drug-likeness (QED) is 0.651. The Morgan fingerprint density at radius 1 is 1.31 bits per heavy atom. The smallest absolute Gasteiger partial charge is 0.315 e. The molecule has 0 radical (unpaired) electrons. The van der Waals surface area contributed by atoms with E-state index in [1.807, 2.05) is 0 Å². The highest BCUT2D eigenvalue weighted by atomic mass is 16.3. The molecule has 0 fully saturated rings. The number of carbonyl (C=O) groups is 1. The molecule has 0 aromatic rings. The summed E-state index contributed by atoms with van der Waals surface area (Å²) in [6, 6.07) is -0.411. The van der Waals surface area contributed by atoms with Crippen molar-refractivity contribution in [2.45, 2.75) is 47.1 Å². The Morgan fingerprint density at radius 2 is 1.88 bits per heavy atom. The van der Waals surface area contributed by atoms with Crippen LogP contribution in [-0.4, -0.2) is 30.3 Å². The molecule has 16 heavy (non-hydrogen) atoms. The van der Waals surface area contributed by atoms with Gasteiger partial charge >= 0.3 is 6.03 Å². The fourth-order valence-electron chi connectivity index (χ4n) is 1.82. The molecule has 3 N–H and O–H groups in total. The van der Waals surface area contributed by atoms with Crippen LogP contribution < -0.4 is 10.6 Å². The van der Waals surface area contributed by atoms with Gasteiger partial charge in [-0.05, 0) is 24.7 Å². The van der Waals surface area contributed by atoms with E-state index >= 15 is 0 Å². The molecule has 0 aromatic carbocycles. The maximum Gasteiger partial charge on any atom is 0.315 e. The highest BCUT2D eigenvalue weighted by Gasteiger charge is 2.20. The third-order valence-corrected chi connectivity index (χ3v) is 2.34. The zero-order chi connectivity index (χ0) is 12.8. The van der Waals surface area contributed by atoms with Crippen LogP contribution in [0, 0.1) is 11.3 Å². The summed E-state index contributed by atoms with van der Waals surface area (Å²) in [5.41, 5.74) is 0.105. The average Bonchev–Trinajstić information content (AvgIpc) is 2.13. The summed E-state index contributed by atoms with van der Waals surface area (Å²) in [6.45, 7) is 11.0. The van der Waals surface area contributed by atoms with Gasteiger partial charge in [0.15, 0.2) is 0 Å². The Bertz CT molecular complexity index is 215. The van der Waals surface area contributed by atoms with E-state index in [9.17, 15) is 4.79 Å². The molecule has 0 bridgehead atoms. The van der Waals surface area contributed by atoms with E-state index in [0.717, 1.165) is 6.42 Å². The number of hydrogen-bond acceptors (Lipinski definition) is 2. The minimum atomic E-state index is -0.210. The summed E-state index contributed by atoms with van der Waals surface area (Å²) in [7, 11) is 0. The van der Waals surface area contributed by atoms with Crippen molar-refractivity contribution < 1.29 is 9.90 Å². The van der Waals surface area contributed by atoms with E-state index in [0.29, 0.717) is 12.5 Å². The van der Waals surface area contributed by atoms with Gasteiger partial charge in [-0.3, -0.25) is 0 Å². The molecule has 0 spiro atoms. The lowest BCUT2D eigenvalue weighted by Gasteiger charge is -2.27. The summed E-state index contributed by atoms with van der Waals surface area (Å²) in [5.74, 6) is 0.622. The number of amides is 2. The van der Waals surface area contributed by atoms with Crippen molar-refractivity contribution in [3.05, 3.63) is 0 Å². The van der Waals surface area contributed by atoms with Crippen LogP contribution in [0.3, 0.4) is 0 Å². The molecule has 0 rings (SSSR count). The number of carbonyl (C=O) groups excluding carboxylic acids is 1. The van der Waals surface area contributed by atoms with Gasteiger partial charge in [-0.25, -0.2) is 4.79 Å². The van der Waals surface area contributed by atoms with Crippen LogP contribution in [-0.2, 0) is 0 Å². The fourth-order valence-corrected chi connectivity index (χ4v) is 1.82. The van der Waals surface area contributed by atoms with Gasteiger partial charge in [-0.2, -0.15) is 0 Å². The molecule has 4 heteroatoms. The molecule has 1 unspecified atom stereocenters. The predicted octanol–water partition coefficient (Wildman–Crippen LogP) is 1.74. The maximum absolute atomic E-state index is 11.4. The van der Waals surface area contributed by atoms with Crippen molar-refractivity contribution in [3.8, 4) is 0 Å². The number of urea groups is 1. The third-order valence-electron chi connectivity index (χ3n) is 2.34. The molecular weight excluding hydrogens is 204 g/mol. The average molecular weight is 230 g/mol. The Kier molecular flexibility index (Phi) is 6.41. The van der Waals surface area contributed by atoms with Crippen LogP contribution in [0.15, 0.2) is 0 Å². The van der Waals surface area contributed by atoms with E-state index in [-0.39, 0.29) is 24.1 Å². The first-order valence-corrected chi connectivity index (χ1v) is 5.92. The van der Waals surface area contributed by atoms with Crippen LogP contribution in [0.25, 0.3) is 0 Å². The van der Waals surface area contributed by atoms with E-state index in [1.165, 1.54) is 0 Å². The second-order valence-electron chi connectivity index (χ2n) is 5.67. The normalized spacial score (nSPS) is 13.7. The number of aliphatic hydroxyl groups excluding tert-OH is 1. The molecule has 0 saturated heterocycles. The Hall–Kier alpha value is -0.770. The Labute approximate surface area is 98.8 Å². The first-order chi connectivity index (χ1) is 7.26. The van der Waals surface area contributed by atoms with E-state index < -0.39 is 0 Å². The van der Waals surface area contributed by atoms with E-state index in [4.69, 9.17) is 5.11 Å². The number of hydrogen-bond donors (Lipinski definition) is 3. The van der Waals surface area contributed by atoms with Gasteiger partial charge in [0.2, 0.25) is 0 Å². The van der Waals surface area contributed by atoms with Crippen LogP contribution in [0.5, 0.6) is 0 Å². The SMILES string of the molecule is CC(C)CC(C)(C)CNC(=O)NC(C)CO. The molecule has 0 saturated carbocycles. The zero-order valence-electron chi connectivity index (χ0n) is 11.1. The first-order valence-electron chi connectivity index (χ1n) is 5.92. The van der Waals surface area contributed by atoms with Crippen molar-refractivity contribution in [2.75, 3.05) is 13.2 Å². The number of aliphatic hydroxyl groups is 1. The second kappa shape index (κ2) is 6.74. The lowest BCUT2D eigenvalue weighted by molar-refractivity contribution is 0.211. The number of nitrogens with one attached hydrogen (secondary N) is 2. The molecule has 96 valence electrons. The van der Waals surface area contributed by atoms with Crippen molar-refractivity contribution in [3.63, 3.8) is 0 Å². The van der Waals surface area contributed by atoms with Crippen molar-refractivity contribution in [1.82, 2.24) is 10.6 Å². The monoisotopic (exact) mass is 230 g/mol. The predicted molar refractivity (Wildman–Crippen MR) is 66.3 cm³/mol. The van der Waals surface area contributed by atoms with E-state index in [2.05, 4.69) is 38.3 Å². The van der Waals surface area contributed by atoms with Gasteiger partial charge in [0.05, 0.1) is 12.6 Å². The van der Waals surface area contributed by atoms with Gasteiger partial charge < -0.3 is 15.7 Å². The summed E-state index contributed by atoms with van der Waals surface area (Å²) in [5, 5.41) is 14.3. The molecule has 2 amide bonds. The third kappa shape index (κ3) is 7.51. The fraction of sp³-hybridized carbons (Fsp3) is 0.917. The van der Waals surface area contributed by atoms with Crippen LogP contribution in [0.4, 0.5) is 4.79 Å². The molecule has 1 atom stereocenters. The van der Waals surface area contributed by atoms with Crippen LogP contribution in [0.2, 0.25) is 0 Å². The summed E-state index contributed by atoms with van der Waals surface area (Å²) < 4.78 is 0. The topological polar surface area (TPSA) is 61.4 Å². The summed E-state index contributed by atoms with van der Waals surface area (Å²) in [4.78, 5) is 11.4. The second-order valence-corrected chi connectivity index (χ2v) is 5.67. The van der Waals surface area contributed by atoms with Gasteiger partial charge in [-0.15, -0.1) is 0 Å². The van der Waals surface area contributed by atoms with Crippen LogP contribution in [0.1, 0.15) is 41.0 Å². The Balaban J connectivity index is 3.90. The largest absolute Gasteiger partial charge is 0.394 e. The molecule has 0 heterocycles. The van der Waals surface area contributed by atoms with Crippen molar-refractivity contribution in [1.29, 1.82) is 0 Å². The highest BCUT2D eigenvalue weighted by Crippen LogP contribution is 2.23. The van der Waals surface area contributed by atoms with Gasteiger partial charge in [0.25, 0.3) is 0 Å². The van der Waals surface area contributed by atoms with Gasteiger partial charge in [0.1, 0.15) is 0 Å². The number of rotatable bonds is 6. The standard InChI is InChI=1S/C12H26N2O2/c1-9(2)6-12(4,5)8-13-11(16)14-10(3)7-15/h9-10,15H,6-8H2,1-5H3,(H2,13,14,16). The minimum Gasteiger partial charge on any atom is -0.394 e. The molecule has 0 aliphatic rings. The highest BCUT2D eigenvalue weighted by molar-refractivity contribution is 5.74. The van der Waals surface area contributed by atoms with Crippen molar-refractivity contribution in [2.24, 2.45) is 11.3 Å². The Morgan fingerprint density at radius 3 is 2.31 bits per heavy atom. The summed E-state index contributed by atoms with van der Waals surface area (Å²) in [6.07, 6.45) is 1.07. The zero-order valence-corrected chi connectivity index (χ0v) is 11.1. The van der Waals surface area contributed by atoms with Gasteiger partial charge in [-0.1, -0.05) is 27.7 Å². The minimum absolute atomic E-state index is 0.0389. The molecule has 0 aliphatic heterocycles. The first kappa shape index (κ1) is 15.2. The molecule has 0 aromatic heterocycles. The molecule has 0 aliphatic carbocycles. The van der Waals surface area contributed by atoms with Crippen LogP contribution >= 0.6 is 0 Å². The molecule has 4 nitrogen and oxygen atoms in total.